The molecule has 1 aliphatic rings. The van der Waals surface area contributed by atoms with Crippen LogP contribution in [0.1, 0.15) is 62.7 Å². The van der Waals surface area contributed by atoms with Crippen LogP contribution in [-0.2, 0) is 4.74 Å². The number of carbonyl (C=O) groups excluding carboxylic acids is 1. The maximum Gasteiger partial charge on any atom is 0.338 e. The smallest absolute Gasteiger partial charge is 0.338 e. The molecule has 0 unspecified atom stereocenters. The Kier molecular flexibility index (Phi) is 7.27. The largest absolute Gasteiger partial charge is 0.462 e. The highest BCUT2D eigenvalue weighted by Gasteiger charge is 2.16. The molecule has 1 saturated carbocycles. The van der Waals surface area contributed by atoms with Crippen LogP contribution in [0.2, 0.25) is 0 Å². The van der Waals surface area contributed by atoms with Crippen molar-refractivity contribution in [3.8, 4) is 0 Å². The average molecular weight is 398 g/mol. The predicted octanol–water partition coefficient (Wildman–Crippen LogP) is 4.75. The van der Waals surface area contributed by atoms with Gasteiger partial charge in [-0.25, -0.2) is 14.8 Å². The maximum atomic E-state index is 12.0. The first-order valence-corrected chi connectivity index (χ1v) is 10.4. The number of rotatable bonds is 7. The van der Waals surface area contributed by atoms with Crippen LogP contribution >= 0.6 is 0 Å². The zero-order chi connectivity index (χ0) is 20.6. The highest BCUT2D eigenvalue weighted by Crippen LogP contribution is 2.28. The van der Waals surface area contributed by atoms with Crippen LogP contribution in [0, 0.1) is 5.92 Å². The van der Waals surface area contributed by atoms with E-state index < -0.39 is 0 Å². The third-order valence-corrected chi connectivity index (χ3v) is 5.01. The van der Waals surface area contributed by atoms with Crippen LogP contribution in [0.3, 0.4) is 0 Å². The Hall–Kier alpha value is -2.83. The molecule has 156 valence electrons. The number of hydrogen-bond acceptors (Lipinski definition) is 7. The Morgan fingerprint density at radius 3 is 2.41 bits per heavy atom. The van der Waals surface area contributed by atoms with Crippen molar-refractivity contribution < 1.29 is 9.53 Å². The number of anilines is 4. The number of aromatic nitrogens is 2. The van der Waals surface area contributed by atoms with Crippen LogP contribution in [0.25, 0.3) is 0 Å². The van der Waals surface area contributed by atoms with Gasteiger partial charge in [0.25, 0.3) is 0 Å². The lowest BCUT2D eigenvalue weighted by Crippen LogP contribution is -2.20. The summed E-state index contributed by atoms with van der Waals surface area (Å²) in [6.45, 7) is 4.42. The number of ether oxygens (including phenoxy) is 1. The Morgan fingerprint density at radius 2 is 1.76 bits per heavy atom. The summed E-state index contributed by atoms with van der Waals surface area (Å²) in [4.78, 5) is 20.6. The predicted molar refractivity (Wildman–Crippen MR) is 116 cm³/mol. The molecule has 0 aliphatic heterocycles. The van der Waals surface area contributed by atoms with E-state index in [1.165, 1.54) is 32.0 Å². The summed E-state index contributed by atoms with van der Waals surface area (Å²) in [5.41, 5.74) is 8.11. The molecule has 0 amide bonds. The van der Waals surface area contributed by atoms with Gasteiger partial charge in [0.1, 0.15) is 12.0 Å². The van der Waals surface area contributed by atoms with E-state index in [9.17, 15) is 4.79 Å². The molecule has 0 radical (unpaired) electrons. The Morgan fingerprint density at radius 1 is 1.10 bits per heavy atom. The van der Waals surface area contributed by atoms with Crippen molar-refractivity contribution >= 4 is 29.0 Å². The topological polar surface area (TPSA) is 102 Å². The fraction of sp³-hybridized carbons (Fsp3) is 0.500. The second kappa shape index (κ2) is 10.1. The van der Waals surface area contributed by atoms with Gasteiger partial charge >= 0.3 is 5.97 Å². The molecule has 0 saturated heterocycles. The van der Waals surface area contributed by atoms with E-state index >= 15 is 0 Å². The van der Waals surface area contributed by atoms with Gasteiger partial charge in [-0.2, -0.15) is 0 Å². The molecule has 7 heteroatoms. The highest BCUT2D eigenvalue weighted by atomic mass is 16.5. The van der Waals surface area contributed by atoms with Gasteiger partial charge in [0.15, 0.2) is 11.6 Å². The first-order valence-electron chi connectivity index (χ1n) is 10.4. The van der Waals surface area contributed by atoms with Gasteiger partial charge in [-0.1, -0.05) is 39.5 Å². The van der Waals surface area contributed by atoms with Crippen LogP contribution in [-0.4, -0.2) is 28.6 Å². The Balaban J connectivity index is 1.64. The van der Waals surface area contributed by atoms with Crippen molar-refractivity contribution in [3.63, 3.8) is 0 Å². The maximum absolute atomic E-state index is 12.0. The van der Waals surface area contributed by atoms with Crippen LogP contribution < -0.4 is 16.4 Å². The van der Waals surface area contributed by atoms with E-state index in [0.29, 0.717) is 41.5 Å². The van der Waals surface area contributed by atoms with Crippen molar-refractivity contribution in [2.24, 2.45) is 5.92 Å². The molecular formula is C22H31N5O2. The fourth-order valence-corrected chi connectivity index (χ4v) is 3.38. The van der Waals surface area contributed by atoms with E-state index in [0.717, 1.165) is 18.5 Å². The summed E-state index contributed by atoms with van der Waals surface area (Å²) in [5, 5.41) is 6.70. The van der Waals surface area contributed by atoms with E-state index in [1.54, 1.807) is 12.1 Å². The summed E-state index contributed by atoms with van der Waals surface area (Å²) < 4.78 is 5.26. The SMILES string of the molecule is CC(C)COC(=O)c1ccc(Nc2ncnc(NC3CCCCCC3)c2N)cc1. The summed E-state index contributed by atoms with van der Waals surface area (Å²) in [5.74, 6) is 1.21. The lowest BCUT2D eigenvalue weighted by molar-refractivity contribution is 0.0459. The molecular weight excluding hydrogens is 366 g/mol. The summed E-state index contributed by atoms with van der Waals surface area (Å²) in [7, 11) is 0. The Labute approximate surface area is 172 Å². The lowest BCUT2D eigenvalue weighted by Gasteiger charge is -2.19. The molecule has 1 fully saturated rings. The van der Waals surface area contributed by atoms with Gasteiger partial charge in [-0.05, 0) is 43.0 Å². The molecule has 7 nitrogen and oxygen atoms in total. The zero-order valence-electron chi connectivity index (χ0n) is 17.3. The number of benzene rings is 1. The molecule has 29 heavy (non-hydrogen) atoms. The molecule has 0 atom stereocenters. The zero-order valence-corrected chi connectivity index (χ0v) is 17.3. The number of nitrogens with one attached hydrogen (secondary N) is 2. The summed E-state index contributed by atoms with van der Waals surface area (Å²) in [6, 6.07) is 7.48. The second-order valence-corrected chi connectivity index (χ2v) is 8.01. The minimum atomic E-state index is -0.318. The second-order valence-electron chi connectivity index (χ2n) is 8.01. The standard InChI is InChI=1S/C22H31N5O2/c1-15(2)13-29-22(28)16-9-11-18(12-10-16)27-21-19(23)20(24-14-25-21)26-17-7-5-3-4-6-8-17/h9-12,14-15,17H,3-8,13,23H2,1-2H3,(H2,24,25,26,27). The van der Waals surface area contributed by atoms with Crippen molar-refractivity contribution in [1.29, 1.82) is 0 Å². The van der Waals surface area contributed by atoms with Gasteiger partial charge < -0.3 is 21.1 Å². The molecule has 4 N–H and O–H groups in total. The summed E-state index contributed by atoms with van der Waals surface area (Å²) in [6.07, 6.45) is 8.85. The molecule has 0 spiro atoms. The minimum Gasteiger partial charge on any atom is -0.462 e. The average Bonchev–Trinajstić information content (AvgIpc) is 2.98. The summed E-state index contributed by atoms with van der Waals surface area (Å²) >= 11 is 0. The third-order valence-electron chi connectivity index (χ3n) is 5.01. The Bertz CT molecular complexity index is 799. The minimum absolute atomic E-state index is 0.307. The molecule has 1 aliphatic carbocycles. The number of hydrogen-bond donors (Lipinski definition) is 3. The number of esters is 1. The first kappa shape index (κ1) is 20.9. The van der Waals surface area contributed by atoms with Crippen molar-refractivity contribution in [3.05, 3.63) is 36.2 Å². The molecule has 0 bridgehead atoms. The monoisotopic (exact) mass is 397 g/mol. The molecule has 1 aromatic carbocycles. The van der Waals surface area contributed by atoms with Crippen molar-refractivity contribution in [2.45, 2.75) is 58.4 Å². The van der Waals surface area contributed by atoms with Crippen LogP contribution in [0.15, 0.2) is 30.6 Å². The van der Waals surface area contributed by atoms with Crippen molar-refractivity contribution in [1.82, 2.24) is 9.97 Å². The number of nitrogens with two attached hydrogens (primary N) is 1. The van der Waals surface area contributed by atoms with Gasteiger partial charge in [-0.3, -0.25) is 0 Å². The van der Waals surface area contributed by atoms with E-state index in [2.05, 4.69) is 20.6 Å². The molecule has 2 aromatic rings. The number of carbonyl (C=O) groups is 1. The van der Waals surface area contributed by atoms with Gasteiger partial charge in [0, 0.05) is 11.7 Å². The third kappa shape index (κ3) is 6.07. The van der Waals surface area contributed by atoms with Gasteiger partial charge in [-0.15, -0.1) is 0 Å². The fourth-order valence-electron chi connectivity index (χ4n) is 3.38. The van der Waals surface area contributed by atoms with Crippen LogP contribution in [0.5, 0.6) is 0 Å². The van der Waals surface area contributed by atoms with Gasteiger partial charge in [0.2, 0.25) is 0 Å². The molecule has 1 heterocycles. The van der Waals surface area contributed by atoms with Crippen molar-refractivity contribution in [2.75, 3.05) is 23.0 Å². The molecule has 1 aromatic heterocycles. The number of nitrogen functional groups attached to an aromatic ring is 1. The molecule has 3 rings (SSSR count). The van der Waals surface area contributed by atoms with E-state index in [4.69, 9.17) is 10.5 Å². The first-order chi connectivity index (χ1) is 14.0. The normalized spacial score (nSPS) is 15.0. The van der Waals surface area contributed by atoms with E-state index in [-0.39, 0.29) is 5.97 Å². The number of nitrogens with zero attached hydrogens (tertiary/aromatic N) is 2. The van der Waals surface area contributed by atoms with E-state index in [1.807, 2.05) is 26.0 Å². The lowest BCUT2D eigenvalue weighted by atomic mass is 10.1. The highest BCUT2D eigenvalue weighted by molar-refractivity contribution is 5.90. The van der Waals surface area contributed by atoms with Gasteiger partial charge in [0.05, 0.1) is 12.2 Å². The van der Waals surface area contributed by atoms with Crippen LogP contribution in [0.4, 0.5) is 23.0 Å². The quantitative estimate of drug-likeness (QED) is 0.458.